The molecule has 120 valence electrons. The number of nitrogens with zero attached hydrogens (tertiary/aromatic N) is 1. The molecule has 1 saturated heterocycles. The molecule has 1 unspecified atom stereocenters. The van der Waals surface area contributed by atoms with Crippen LogP contribution in [0.1, 0.15) is 22.0 Å². The maximum Gasteiger partial charge on any atom is 0.254 e. The fourth-order valence-electron chi connectivity index (χ4n) is 2.55. The Morgan fingerprint density at radius 1 is 1.17 bits per heavy atom. The van der Waals surface area contributed by atoms with Crippen molar-refractivity contribution in [1.82, 2.24) is 4.90 Å². The third-order valence-corrected chi connectivity index (χ3v) is 3.98. The van der Waals surface area contributed by atoms with Crippen molar-refractivity contribution >= 4 is 17.5 Å². The predicted octanol–water partition coefficient (Wildman–Crippen LogP) is 3.83. The van der Waals surface area contributed by atoms with Gasteiger partial charge >= 0.3 is 0 Å². The van der Waals surface area contributed by atoms with Crippen molar-refractivity contribution in [3.05, 3.63) is 70.2 Å². The number of halogens is 3. The number of benzene rings is 2. The summed E-state index contributed by atoms with van der Waals surface area (Å²) in [5.74, 6) is -2.35. The van der Waals surface area contributed by atoms with Crippen molar-refractivity contribution in [3.63, 3.8) is 0 Å². The van der Waals surface area contributed by atoms with Crippen molar-refractivity contribution in [3.8, 4) is 0 Å². The van der Waals surface area contributed by atoms with Gasteiger partial charge in [0.1, 0.15) is 6.10 Å². The van der Waals surface area contributed by atoms with Gasteiger partial charge in [-0.1, -0.05) is 23.7 Å². The summed E-state index contributed by atoms with van der Waals surface area (Å²) in [7, 11) is 0. The first-order valence-corrected chi connectivity index (χ1v) is 7.54. The van der Waals surface area contributed by atoms with Crippen molar-refractivity contribution in [2.45, 2.75) is 6.10 Å². The van der Waals surface area contributed by atoms with E-state index in [0.717, 1.165) is 17.7 Å². The molecule has 3 rings (SSSR count). The summed E-state index contributed by atoms with van der Waals surface area (Å²) < 4.78 is 32.0. The molecule has 0 saturated carbocycles. The van der Waals surface area contributed by atoms with E-state index < -0.39 is 11.6 Å². The second-order valence-electron chi connectivity index (χ2n) is 5.29. The molecule has 2 aromatic carbocycles. The molecule has 1 atom stereocenters. The van der Waals surface area contributed by atoms with E-state index in [1.807, 2.05) is 12.1 Å². The van der Waals surface area contributed by atoms with E-state index in [2.05, 4.69) is 0 Å². The number of morpholine rings is 1. The lowest BCUT2D eigenvalue weighted by atomic mass is 10.1. The minimum atomic E-state index is -1.03. The van der Waals surface area contributed by atoms with Crippen LogP contribution in [-0.2, 0) is 4.74 Å². The van der Waals surface area contributed by atoms with Gasteiger partial charge in [0.2, 0.25) is 0 Å². The maximum atomic E-state index is 13.3. The summed E-state index contributed by atoms with van der Waals surface area (Å²) in [6, 6.07) is 10.4. The number of carbonyl (C=O) groups excluding carboxylic acids is 1. The van der Waals surface area contributed by atoms with E-state index >= 15 is 0 Å². The third-order valence-electron chi connectivity index (χ3n) is 3.74. The van der Waals surface area contributed by atoms with E-state index in [0.29, 0.717) is 24.7 Å². The first kappa shape index (κ1) is 15.9. The van der Waals surface area contributed by atoms with Crippen molar-refractivity contribution in [2.24, 2.45) is 0 Å². The van der Waals surface area contributed by atoms with Crippen molar-refractivity contribution in [2.75, 3.05) is 19.7 Å². The molecule has 1 aliphatic heterocycles. The Labute approximate surface area is 137 Å². The second-order valence-corrected chi connectivity index (χ2v) is 5.73. The van der Waals surface area contributed by atoms with Gasteiger partial charge in [0.25, 0.3) is 5.91 Å². The Morgan fingerprint density at radius 3 is 2.74 bits per heavy atom. The minimum absolute atomic E-state index is 0.121. The van der Waals surface area contributed by atoms with Crippen LogP contribution >= 0.6 is 11.6 Å². The summed E-state index contributed by atoms with van der Waals surface area (Å²) in [4.78, 5) is 14.0. The van der Waals surface area contributed by atoms with E-state index in [4.69, 9.17) is 16.3 Å². The van der Waals surface area contributed by atoms with Gasteiger partial charge in [-0.25, -0.2) is 8.78 Å². The van der Waals surface area contributed by atoms with Crippen LogP contribution in [0.15, 0.2) is 42.5 Å². The fraction of sp³-hybridized carbons (Fsp3) is 0.235. The lowest BCUT2D eigenvalue weighted by molar-refractivity contribution is -0.0228. The monoisotopic (exact) mass is 337 g/mol. The van der Waals surface area contributed by atoms with Gasteiger partial charge in [-0.15, -0.1) is 0 Å². The molecular weight excluding hydrogens is 324 g/mol. The fourth-order valence-corrected chi connectivity index (χ4v) is 2.75. The Kier molecular flexibility index (Phi) is 4.59. The summed E-state index contributed by atoms with van der Waals surface area (Å²) in [5, 5.41) is 0.593. The number of rotatable bonds is 2. The topological polar surface area (TPSA) is 29.5 Å². The zero-order chi connectivity index (χ0) is 16.4. The zero-order valence-corrected chi connectivity index (χ0v) is 12.9. The standard InChI is InChI=1S/C17H14ClF2NO2/c18-13-3-1-2-11(8-13)16-10-21(6-7-23-16)17(22)12-4-5-14(19)15(20)9-12/h1-5,8-9,16H,6-7,10H2. The van der Waals surface area contributed by atoms with Gasteiger partial charge in [0.15, 0.2) is 11.6 Å². The van der Waals surface area contributed by atoms with Gasteiger partial charge in [-0.3, -0.25) is 4.79 Å². The molecule has 1 amide bonds. The van der Waals surface area contributed by atoms with E-state index in [1.54, 1.807) is 17.0 Å². The molecule has 1 fully saturated rings. The van der Waals surface area contributed by atoms with Crippen LogP contribution in [0.2, 0.25) is 5.02 Å². The highest BCUT2D eigenvalue weighted by molar-refractivity contribution is 6.30. The Bertz CT molecular complexity index is 738. The van der Waals surface area contributed by atoms with Crippen molar-refractivity contribution < 1.29 is 18.3 Å². The number of amides is 1. The first-order chi connectivity index (χ1) is 11.0. The lowest BCUT2D eigenvalue weighted by Gasteiger charge is -2.33. The van der Waals surface area contributed by atoms with Gasteiger partial charge in [0.05, 0.1) is 13.2 Å². The quantitative estimate of drug-likeness (QED) is 0.833. The molecule has 0 bridgehead atoms. The number of hydrogen-bond acceptors (Lipinski definition) is 2. The first-order valence-electron chi connectivity index (χ1n) is 7.16. The third kappa shape index (κ3) is 3.51. The number of ether oxygens (including phenoxy) is 1. The highest BCUT2D eigenvalue weighted by atomic mass is 35.5. The minimum Gasteiger partial charge on any atom is -0.370 e. The molecule has 0 aromatic heterocycles. The zero-order valence-electron chi connectivity index (χ0n) is 12.1. The Morgan fingerprint density at radius 2 is 2.00 bits per heavy atom. The highest BCUT2D eigenvalue weighted by Gasteiger charge is 2.26. The van der Waals surface area contributed by atoms with Gasteiger partial charge < -0.3 is 9.64 Å². The van der Waals surface area contributed by atoms with Crippen LogP contribution in [0.25, 0.3) is 0 Å². The smallest absolute Gasteiger partial charge is 0.254 e. The van der Waals surface area contributed by atoms with E-state index in [9.17, 15) is 13.6 Å². The molecule has 23 heavy (non-hydrogen) atoms. The summed E-state index contributed by atoms with van der Waals surface area (Å²) in [5.41, 5.74) is 0.996. The molecular formula is C17H14ClF2NO2. The molecule has 0 aliphatic carbocycles. The van der Waals surface area contributed by atoms with E-state index in [1.165, 1.54) is 6.07 Å². The number of hydrogen-bond donors (Lipinski definition) is 0. The highest BCUT2D eigenvalue weighted by Crippen LogP contribution is 2.25. The van der Waals surface area contributed by atoms with Crippen LogP contribution < -0.4 is 0 Å². The summed E-state index contributed by atoms with van der Waals surface area (Å²) in [6.45, 7) is 1.10. The van der Waals surface area contributed by atoms with E-state index in [-0.39, 0.29) is 17.6 Å². The largest absolute Gasteiger partial charge is 0.370 e. The van der Waals surface area contributed by atoms with Crippen LogP contribution in [0.4, 0.5) is 8.78 Å². The lowest BCUT2D eigenvalue weighted by Crippen LogP contribution is -2.42. The maximum absolute atomic E-state index is 13.3. The Balaban J connectivity index is 1.77. The van der Waals surface area contributed by atoms with Crippen LogP contribution in [0.5, 0.6) is 0 Å². The molecule has 0 spiro atoms. The SMILES string of the molecule is O=C(c1ccc(F)c(F)c1)N1CCOC(c2cccc(Cl)c2)C1. The average molecular weight is 338 g/mol. The van der Waals surface area contributed by atoms with Crippen LogP contribution in [0.3, 0.4) is 0 Å². The summed E-state index contributed by atoms with van der Waals surface area (Å²) >= 11 is 5.98. The van der Waals surface area contributed by atoms with Gasteiger partial charge in [-0.2, -0.15) is 0 Å². The normalized spacial score (nSPS) is 18.0. The molecule has 1 heterocycles. The van der Waals surface area contributed by atoms with Gasteiger partial charge in [0, 0.05) is 17.1 Å². The Hall–Kier alpha value is -1.98. The second kappa shape index (κ2) is 6.64. The van der Waals surface area contributed by atoms with Crippen molar-refractivity contribution in [1.29, 1.82) is 0 Å². The molecule has 1 aliphatic rings. The molecule has 2 aromatic rings. The van der Waals surface area contributed by atoms with Gasteiger partial charge in [-0.05, 0) is 35.9 Å². The molecule has 0 radical (unpaired) electrons. The summed E-state index contributed by atoms with van der Waals surface area (Å²) in [6.07, 6.45) is -0.295. The molecule has 6 heteroatoms. The average Bonchev–Trinajstić information content (AvgIpc) is 2.57. The van der Waals surface area contributed by atoms with Crippen LogP contribution in [0, 0.1) is 11.6 Å². The van der Waals surface area contributed by atoms with Crippen LogP contribution in [-0.4, -0.2) is 30.5 Å². The molecule has 0 N–H and O–H groups in total. The predicted molar refractivity (Wildman–Crippen MR) is 82.4 cm³/mol. The molecule has 3 nitrogen and oxygen atoms in total. The number of carbonyl (C=O) groups is 1.